The highest BCUT2D eigenvalue weighted by molar-refractivity contribution is 7.47. The molecule has 59 heavy (non-hydrogen) atoms. The molecule has 0 aliphatic rings. The molecular weight excluding hydrogens is 758 g/mol. The molecule has 2 atom stereocenters. The molecule has 0 rings (SSSR count). The summed E-state index contributed by atoms with van der Waals surface area (Å²) in [7, 11) is 1.67. The van der Waals surface area contributed by atoms with E-state index in [-0.39, 0.29) is 25.8 Å². The first kappa shape index (κ1) is 58.0. The zero-order valence-electron chi connectivity index (χ0n) is 39.8. The second-order valence-electron chi connectivity index (χ2n) is 18.2. The Hall–Kier alpha value is -1.02. The number of hydrogen-bond donors (Lipinski definition) is 1. The van der Waals surface area contributed by atoms with Gasteiger partial charge >= 0.3 is 13.8 Å². The van der Waals surface area contributed by atoms with E-state index >= 15 is 0 Å². The number of ether oxygens (including phenoxy) is 2. The van der Waals surface area contributed by atoms with Gasteiger partial charge in [-0.25, -0.2) is 4.57 Å². The van der Waals surface area contributed by atoms with Gasteiger partial charge in [-0.15, -0.1) is 0 Å². The summed E-state index contributed by atoms with van der Waals surface area (Å²) in [6.07, 6.45) is 50.8. The number of nitrogens with zero attached hydrogens (tertiary/aromatic N) is 1. The summed E-state index contributed by atoms with van der Waals surface area (Å²) < 4.78 is 35.1. The first-order valence-corrected chi connectivity index (χ1v) is 26.6. The SMILES string of the molecule is CCC/C=C\C/C=C\CCCCCCCCOCC(COP(=O)(O)OCC[N+](C)(C)C)OC(=O)CCCCCCCCCCCCCCCCCCCCCCCCC. The number of hydrogen-bond acceptors (Lipinski definition) is 6. The summed E-state index contributed by atoms with van der Waals surface area (Å²) in [5.41, 5.74) is 0. The number of carbonyl (C=O) groups is 1. The van der Waals surface area contributed by atoms with E-state index in [1.807, 2.05) is 21.1 Å². The minimum absolute atomic E-state index is 0.0885. The van der Waals surface area contributed by atoms with Crippen LogP contribution in [0.1, 0.15) is 232 Å². The number of unbranched alkanes of at least 4 members (excludes halogenated alkanes) is 29. The maximum atomic E-state index is 12.7. The van der Waals surface area contributed by atoms with Gasteiger partial charge < -0.3 is 18.9 Å². The highest BCUT2D eigenvalue weighted by Gasteiger charge is 2.26. The first-order chi connectivity index (χ1) is 28.6. The van der Waals surface area contributed by atoms with Crippen LogP contribution in [0.2, 0.25) is 0 Å². The fourth-order valence-corrected chi connectivity index (χ4v) is 7.86. The van der Waals surface area contributed by atoms with Gasteiger partial charge in [-0.3, -0.25) is 13.8 Å². The second kappa shape index (κ2) is 43.6. The van der Waals surface area contributed by atoms with E-state index in [2.05, 4.69) is 38.2 Å². The van der Waals surface area contributed by atoms with E-state index in [1.165, 1.54) is 167 Å². The molecule has 0 radical (unpaired) electrons. The summed E-state index contributed by atoms with van der Waals surface area (Å²) in [6.45, 7) is 5.58. The fraction of sp³-hybridized carbons (Fsp3) is 0.900. The van der Waals surface area contributed by atoms with Gasteiger partial charge in [0.15, 0.2) is 0 Å². The molecule has 0 amide bonds. The fourth-order valence-electron chi connectivity index (χ4n) is 7.12. The van der Waals surface area contributed by atoms with Crippen LogP contribution in [0.15, 0.2) is 24.3 Å². The minimum atomic E-state index is -4.28. The molecule has 2 unspecified atom stereocenters. The van der Waals surface area contributed by atoms with Crippen LogP contribution in [0, 0.1) is 0 Å². The van der Waals surface area contributed by atoms with E-state index in [9.17, 15) is 14.3 Å². The van der Waals surface area contributed by atoms with E-state index in [0.717, 1.165) is 44.9 Å². The van der Waals surface area contributed by atoms with Crippen molar-refractivity contribution in [1.82, 2.24) is 0 Å². The third kappa shape index (κ3) is 47.9. The molecule has 0 aromatic heterocycles. The predicted molar refractivity (Wildman–Crippen MR) is 252 cm³/mol. The van der Waals surface area contributed by atoms with Gasteiger partial charge in [0.25, 0.3) is 0 Å². The molecule has 0 bridgehead atoms. The highest BCUT2D eigenvalue weighted by atomic mass is 31.2. The standard InChI is InChI=1S/C50H98NO7P/c1-6-8-10-12-14-16-18-20-22-23-24-25-26-27-28-29-30-31-33-35-37-39-41-43-50(52)58-49(48-57-59(53,54)56-46-44-51(3,4)5)47-55-45-42-40-38-36-34-32-21-19-17-15-13-11-9-7-2/h11,13,17,19,49H,6-10,12,14-16,18,20-48H2,1-5H3/p+1/b13-11-,19-17-. The van der Waals surface area contributed by atoms with Crippen LogP contribution in [0.25, 0.3) is 0 Å². The number of quaternary nitrogens is 1. The zero-order chi connectivity index (χ0) is 43.4. The lowest BCUT2D eigenvalue weighted by molar-refractivity contribution is -0.870. The van der Waals surface area contributed by atoms with Crippen LogP contribution < -0.4 is 0 Å². The number of allylic oxidation sites excluding steroid dienone is 4. The Kier molecular flexibility index (Phi) is 42.9. The largest absolute Gasteiger partial charge is 0.472 e. The molecule has 0 aromatic carbocycles. The summed E-state index contributed by atoms with van der Waals surface area (Å²) in [5, 5.41) is 0. The van der Waals surface area contributed by atoms with E-state index in [0.29, 0.717) is 24.1 Å². The van der Waals surface area contributed by atoms with Gasteiger partial charge in [-0.05, 0) is 38.5 Å². The molecule has 9 heteroatoms. The summed E-state index contributed by atoms with van der Waals surface area (Å²) in [4.78, 5) is 23.0. The van der Waals surface area contributed by atoms with E-state index < -0.39 is 13.9 Å². The summed E-state index contributed by atoms with van der Waals surface area (Å²) >= 11 is 0. The molecule has 0 fully saturated rings. The molecule has 0 aromatic rings. The zero-order valence-corrected chi connectivity index (χ0v) is 40.6. The topological polar surface area (TPSA) is 91.3 Å². The van der Waals surface area contributed by atoms with Crippen molar-refractivity contribution in [1.29, 1.82) is 0 Å². The van der Waals surface area contributed by atoms with Crippen LogP contribution in [-0.4, -0.2) is 75.6 Å². The monoisotopic (exact) mass is 857 g/mol. The molecule has 8 nitrogen and oxygen atoms in total. The number of likely N-dealkylation sites (N-methyl/N-ethyl adjacent to an activating group) is 1. The first-order valence-electron chi connectivity index (χ1n) is 25.1. The predicted octanol–water partition coefficient (Wildman–Crippen LogP) is 15.2. The maximum Gasteiger partial charge on any atom is 0.472 e. The molecule has 350 valence electrons. The van der Waals surface area contributed by atoms with Crippen LogP contribution in [-0.2, 0) is 27.9 Å². The number of esters is 1. The van der Waals surface area contributed by atoms with Crippen molar-refractivity contribution in [3.63, 3.8) is 0 Å². The Balaban J connectivity index is 4.08. The van der Waals surface area contributed by atoms with Gasteiger partial charge in [0.2, 0.25) is 0 Å². The molecule has 0 saturated heterocycles. The van der Waals surface area contributed by atoms with Gasteiger partial charge in [0.05, 0.1) is 34.4 Å². The average Bonchev–Trinajstić information content (AvgIpc) is 3.19. The Labute approximate surface area is 366 Å². The lowest BCUT2D eigenvalue weighted by atomic mass is 10.0. The molecule has 0 aliphatic carbocycles. The van der Waals surface area contributed by atoms with Crippen molar-refractivity contribution in [2.45, 2.75) is 238 Å². The van der Waals surface area contributed by atoms with Crippen molar-refractivity contribution in [2.24, 2.45) is 0 Å². The Morgan fingerprint density at radius 2 is 0.966 bits per heavy atom. The Morgan fingerprint density at radius 3 is 1.44 bits per heavy atom. The average molecular weight is 857 g/mol. The van der Waals surface area contributed by atoms with E-state index in [4.69, 9.17) is 18.5 Å². The minimum Gasteiger partial charge on any atom is -0.457 e. The van der Waals surface area contributed by atoms with Crippen LogP contribution in [0.3, 0.4) is 0 Å². The van der Waals surface area contributed by atoms with Crippen molar-refractivity contribution in [3.05, 3.63) is 24.3 Å². The molecule has 0 spiro atoms. The van der Waals surface area contributed by atoms with Gasteiger partial charge in [-0.1, -0.05) is 212 Å². The molecule has 1 N–H and O–H groups in total. The molecule has 0 aliphatic heterocycles. The third-order valence-electron chi connectivity index (χ3n) is 11.0. The van der Waals surface area contributed by atoms with Crippen LogP contribution in [0.4, 0.5) is 0 Å². The second-order valence-corrected chi connectivity index (χ2v) is 19.7. The van der Waals surface area contributed by atoms with Gasteiger partial charge in [-0.2, -0.15) is 0 Å². The highest BCUT2D eigenvalue weighted by Crippen LogP contribution is 2.43. The number of rotatable bonds is 47. The lowest BCUT2D eigenvalue weighted by Gasteiger charge is -2.24. The number of phosphoric ester groups is 1. The van der Waals surface area contributed by atoms with Crippen molar-refractivity contribution in [3.8, 4) is 0 Å². The van der Waals surface area contributed by atoms with Crippen molar-refractivity contribution < 1.29 is 37.3 Å². The van der Waals surface area contributed by atoms with Gasteiger partial charge in [0, 0.05) is 13.0 Å². The molecule has 0 heterocycles. The van der Waals surface area contributed by atoms with Crippen LogP contribution >= 0.6 is 7.82 Å². The lowest BCUT2D eigenvalue weighted by Crippen LogP contribution is -2.37. The quantitative estimate of drug-likeness (QED) is 0.0214. The van der Waals surface area contributed by atoms with Crippen molar-refractivity contribution >= 4 is 13.8 Å². The van der Waals surface area contributed by atoms with Gasteiger partial charge in [0.1, 0.15) is 19.3 Å². The summed E-state index contributed by atoms with van der Waals surface area (Å²) in [6, 6.07) is 0. The van der Waals surface area contributed by atoms with Crippen LogP contribution in [0.5, 0.6) is 0 Å². The number of phosphoric acid groups is 1. The third-order valence-corrected chi connectivity index (χ3v) is 12.0. The Bertz CT molecular complexity index is 998. The smallest absolute Gasteiger partial charge is 0.457 e. The van der Waals surface area contributed by atoms with Crippen molar-refractivity contribution in [2.75, 3.05) is 54.1 Å². The molecular formula is C50H99NO7P+. The maximum absolute atomic E-state index is 12.7. The molecule has 0 saturated carbocycles. The summed E-state index contributed by atoms with van der Waals surface area (Å²) in [5.74, 6) is -0.313. The normalized spacial score (nSPS) is 13.8. The Morgan fingerprint density at radius 1 is 0.525 bits per heavy atom. The van der Waals surface area contributed by atoms with E-state index in [1.54, 1.807) is 0 Å². The number of carbonyl (C=O) groups excluding carboxylic acids is 1.